The van der Waals surface area contributed by atoms with Crippen molar-refractivity contribution in [3.05, 3.63) is 29.8 Å². The molecule has 0 saturated carbocycles. The van der Waals surface area contributed by atoms with Gasteiger partial charge in [0.2, 0.25) is 5.91 Å². The van der Waals surface area contributed by atoms with E-state index in [9.17, 15) is 4.79 Å². The van der Waals surface area contributed by atoms with Crippen molar-refractivity contribution in [3.8, 4) is 6.07 Å². The number of fused-ring (bicyclic) bond motifs is 2. The zero-order valence-corrected chi connectivity index (χ0v) is 11.2. The Labute approximate surface area is 118 Å². The average Bonchev–Trinajstić information content (AvgIpc) is 2.78. The van der Waals surface area contributed by atoms with E-state index in [0.29, 0.717) is 24.3 Å². The summed E-state index contributed by atoms with van der Waals surface area (Å²) in [5.41, 5.74) is 1.32. The lowest BCUT2D eigenvalue weighted by Crippen LogP contribution is -2.45. The molecule has 1 aromatic rings. The number of morpholine rings is 1. The summed E-state index contributed by atoms with van der Waals surface area (Å²) >= 11 is 0. The molecule has 104 valence electrons. The van der Waals surface area contributed by atoms with Crippen LogP contribution < -0.4 is 5.32 Å². The first-order valence-electron chi connectivity index (χ1n) is 6.91. The monoisotopic (exact) mass is 271 g/mol. The van der Waals surface area contributed by atoms with E-state index in [4.69, 9.17) is 10.00 Å². The fourth-order valence-corrected chi connectivity index (χ4v) is 2.86. The molecule has 2 heterocycles. The molecule has 5 nitrogen and oxygen atoms in total. The number of hydrogen-bond acceptors (Lipinski definition) is 4. The predicted octanol–water partition coefficient (Wildman–Crippen LogP) is 1.36. The Balaban J connectivity index is 1.53. The van der Waals surface area contributed by atoms with Crippen LogP contribution >= 0.6 is 0 Å². The molecule has 1 N–H and O–H groups in total. The van der Waals surface area contributed by atoms with Gasteiger partial charge in [-0.1, -0.05) is 0 Å². The molecule has 2 unspecified atom stereocenters. The number of anilines is 1. The topological polar surface area (TPSA) is 65.4 Å². The molecule has 2 bridgehead atoms. The van der Waals surface area contributed by atoms with Gasteiger partial charge in [-0.05, 0) is 37.1 Å². The van der Waals surface area contributed by atoms with Crippen LogP contribution in [0, 0.1) is 11.3 Å². The minimum absolute atomic E-state index is 0.0176. The van der Waals surface area contributed by atoms with Gasteiger partial charge in [0.1, 0.15) is 0 Å². The van der Waals surface area contributed by atoms with Gasteiger partial charge in [-0.15, -0.1) is 0 Å². The van der Waals surface area contributed by atoms with Crippen LogP contribution in [0.3, 0.4) is 0 Å². The number of likely N-dealkylation sites (tertiary alicyclic amines) is 1. The Morgan fingerprint density at radius 2 is 1.95 bits per heavy atom. The molecular formula is C15H17N3O2. The number of nitrogens with zero attached hydrogens (tertiary/aromatic N) is 2. The van der Waals surface area contributed by atoms with Crippen LogP contribution in [0.25, 0.3) is 0 Å². The molecule has 1 aromatic carbocycles. The quantitative estimate of drug-likeness (QED) is 0.901. The molecule has 0 spiro atoms. The SMILES string of the molecule is N#Cc1ccc(NC(=O)CN2CC3CCC(C2)O3)cc1. The normalized spacial score (nSPS) is 25.1. The zero-order chi connectivity index (χ0) is 13.9. The lowest BCUT2D eigenvalue weighted by molar-refractivity contribution is -0.119. The second-order valence-corrected chi connectivity index (χ2v) is 5.39. The number of carbonyl (C=O) groups is 1. The summed E-state index contributed by atoms with van der Waals surface area (Å²) in [5.74, 6) is -0.0176. The van der Waals surface area contributed by atoms with Crippen LogP contribution in [0.15, 0.2) is 24.3 Å². The van der Waals surface area contributed by atoms with Gasteiger partial charge < -0.3 is 10.1 Å². The molecule has 2 atom stereocenters. The van der Waals surface area contributed by atoms with Gasteiger partial charge in [0.05, 0.1) is 30.4 Å². The van der Waals surface area contributed by atoms with Crippen LogP contribution in [0.4, 0.5) is 5.69 Å². The third-order valence-corrected chi connectivity index (χ3v) is 3.78. The van der Waals surface area contributed by atoms with E-state index in [1.165, 1.54) is 0 Å². The number of nitriles is 1. The van der Waals surface area contributed by atoms with Gasteiger partial charge >= 0.3 is 0 Å². The van der Waals surface area contributed by atoms with Crippen molar-refractivity contribution < 1.29 is 9.53 Å². The lowest BCUT2D eigenvalue weighted by atomic mass is 10.2. The fraction of sp³-hybridized carbons (Fsp3) is 0.467. The number of carbonyl (C=O) groups excluding carboxylic acids is 1. The highest BCUT2D eigenvalue weighted by atomic mass is 16.5. The van der Waals surface area contributed by atoms with Gasteiger partial charge in [-0.2, -0.15) is 5.26 Å². The Bertz CT molecular complexity index is 523. The Kier molecular flexibility index (Phi) is 3.68. The molecule has 2 aliphatic rings. The molecular weight excluding hydrogens is 254 g/mol. The number of ether oxygens (including phenoxy) is 1. The molecule has 5 heteroatoms. The van der Waals surface area contributed by atoms with E-state index >= 15 is 0 Å². The van der Waals surface area contributed by atoms with E-state index < -0.39 is 0 Å². The first kappa shape index (κ1) is 13.1. The zero-order valence-electron chi connectivity index (χ0n) is 11.2. The highest BCUT2D eigenvalue weighted by molar-refractivity contribution is 5.92. The van der Waals surface area contributed by atoms with Crippen molar-refractivity contribution in [1.29, 1.82) is 5.26 Å². The fourth-order valence-electron chi connectivity index (χ4n) is 2.86. The maximum Gasteiger partial charge on any atom is 0.238 e. The van der Waals surface area contributed by atoms with Gasteiger partial charge in [0, 0.05) is 18.8 Å². The molecule has 0 aromatic heterocycles. The number of hydrogen-bond donors (Lipinski definition) is 1. The Hall–Kier alpha value is -1.90. The van der Waals surface area contributed by atoms with Crippen molar-refractivity contribution in [2.75, 3.05) is 25.0 Å². The standard InChI is InChI=1S/C15H17N3O2/c16-7-11-1-3-12(4-2-11)17-15(19)10-18-8-13-5-6-14(9-18)20-13/h1-4,13-14H,5-6,8-10H2,(H,17,19). The number of rotatable bonds is 3. The van der Waals surface area contributed by atoms with Crippen molar-refractivity contribution >= 4 is 11.6 Å². The second-order valence-electron chi connectivity index (χ2n) is 5.39. The predicted molar refractivity (Wildman–Crippen MR) is 74.1 cm³/mol. The van der Waals surface area contributed by atoms with Crippen LogP contribution in [-0.2, 0) is 9.53 Å². The first-order valence-corrected chi connectivity index (χ1v) is 6.91. The maximum absolute atomic E-state index is 12.0. The minimum Gasteiger partial charge on any atom is -0.372 e. The summed E-state index contributed by atoms with van der Waals surface area (Å²) < 4.78 is 5.75. The second kappa shape index (κ2) is 5.61. The summed E-state index contributed by atoms with van der Waals surface area (Å²) in [5, 5.41) is 11.6. The first-order chi connectivity index (χ1) is 9.72. The van der Waals surface area contributed by atoms with Crippen LogP contribution in [0.2, 0.25) is 0 Å². The number of benzene rings is 1. The van der Waals surface area contributed by atoms with Gasteiger partial charge in [0.15, 0.2) is 0 Å². The third-order valence-electron chi connectivity index (χ3n) is 3.78. The Morgan fingerprint density at radius 1 is 1.30 bits per heavy atom. The summed E-state index contributed by atoms with van der Waals surface area (Å²) in [6.07, 6.45) is 2.82. The molecule has 2 saturated heterocycles. The minimum atomic E-state index is -0.0176. The summed E-state index contributed by atoms with van der Waals surface area (Å²) in [6.45, 7) is 2.09. The number of amides is 1. The highest BCUT2D eigenvalue weighted by Crippen LogP contribution is 2.25. The summed E-state index contributed by atoms with van der Waals surface area (Å²) in [6, 6.07) is 8.95. The lowest BCUT2D eigenvalue weighted by Gasteiger charge is -2.31. The van der Waals surface area contributed by atoms with Gasteiger partial charge in [0.25, 0.3) is 0 Å². The van der Waals surface area contributed by atoms with E-state index in [1.54, 1.807) is 24.3 Å². The molecule has 0 radical (unpaired) electrons. The third kappa shape index (κ3) is 2.98. The van der Waals surface area contributed by atoms with E-state index in [1.807, 2.05) is 0 Å². The van der Waals surface area contributed by atoms with E-state index in [2.05, 4.69) is 16.3 Å². The molecule has 3 rings (SSSR count). The van der Waals surface area contributed by atoms with Crippen molar-refractivity contribution in [2.45, 2.75) is 25.0 Å². The largest absolute Gasteiger partial charge is 0.372 e. The smallest absolute Gasteiger partial charge is 0.238 e. The van der Waals surface area contributed by atoms with Crippen LogP contribution in [-0.4, -0.2) is 42.6 Å². The molecule has 1 amide bonds. The highest BCUT2D eigenvalue weighted by Gasteiger charge is 2.34. The van der Waals surface area contributed by atoms with Crippen molar-refractivity contribution in [2.24, 2.45) is 0 Å². The van der Waals surface area contributed by atoms with E-state index in [-0.39, 0.29) is 5.91 Å². The summed E-state index contributed by atoms with van der Waals surface area (Å²) in [7, 11) is 0. The van der Waals surface area contributed by atoms with Crippen molar-refractivity contribution in [1.82, 2.24) is 4.90 Å². The van der Waals surface area contributed by atoms with Crippen LogP contribution in [0.1, 0.15) is 18.4 Å². The average molecular weight is 271 g/mol. The molecule has 0 aliphatic carbocycles. The van der Waals surface area contributed by atoms with Gasteiger partial charge in [-0.25, -0.2) is 0 Å². The van der Waals surface area contributed by atoms with E-state index in [0.717, 1.165) is 31.6 Å². The van der Waals surface area contributed by atoms with Crippen molar-refractivity contribution in [3.63, 3.8) is 0 Å². The molecule has 2 aliphatic heterocycles. The molecule has 2 fully saturated rings. The maximum atomic E-state index is 12.0. The van der Waals surface area contributed by atoms with Gasteiger partial charge in [-0.3, -0.25) is 9.69 Å². The summed E-state index contributed by atoms with van der Waals surface area (Å²) in [4.78, 5) is 14.2. The van der Waals surface area contributed by atoms with Crippen LogP contribution in [0.5, 0.6) is 0 Å². The molecule has 20 heavy (non-hydrogen) atoms. The Morgan fingerprint density at radius 3 is 2.55 bits per heavy atom. The number of nitrogens with one attached hydrogen (secondary N) is 1.